The average Bonchev–Trinajstić information content (AvgIpc) is 3.27. The van der Waals surface area contributed by atoms with E-state index in [9.17, 15) is 4.11 Å². The van der Waals surface area contributed by atoms with Crippen LogP contribution in [0, 0.1) is 0 Å². The zero-order chi connectivity index (χ0) is 41.4. The molecule has 3 nitrogen and oxygen atoms in total. The number of hydrogen-bond acceptors (Lipinski definition) is 3. The molecule has 0 bridgehead atoms. The van der Waals surface area contributed by atoms with Gasteiger partial charge in [-0.15, -0.1) is 0 Å². The van der Waals surface area contributed by atoms with Gasteiger partial charge >= 0.3 is 0 Å². The molecule has 0 amide bonds. The molecule has 0 atom stereocenters. The molecule has 0 spiro atoms. The predicted molar refractivity (Wildman–Crippen MR) is 200 cm³/mol. The maximum Gasteiger partial charge on any atom is 0.164 e. The summed E-state index contributed by atoms with van der Waals surface area (Å²) < 4.78 is 98.5. The number of hydrogen-bond donors (Lipinski definition) is 0. The fraction of sp³-hybridized carbons (Fsp3) is 0. The number of benzene rings is 8. The van der Waals surface area contributed by atoms with E-state index in [0.717, 1.165) is 22.3 Å². The van der Waals surface area contributed by atoms with Gasteiger partial charge in [-0.05, 0) is 72.7 Å². The van der Waals surface area contributed by atoms with Crippen LogP contribution in [0.4, 0.5) is 0 Å². The Balaban J connectivity index is 1.41. The van der Waals surface area contributed by atoms with Crippen LogP contribution in [0.3, 0.4) is 0 Å². The molecule has 1 heterocycles. The third-order valence-electron chi connectivity index (χ3n) is 8.25. The lowest BCUT2D eigenvalue weighted by molar-refractivity contribution is 1.07. The van der Waals surface area contributed by atoms with Crippen molar-refractivity contribution in [2.45, 2.75) is 0 Å². The number of aromatic nitrogens is 3. The Bertz CT molecular complexity index is 3090. The summed E-state index contributed by atoms with van der Waals surface area (Å²) in [6.07, 6.45) is 0. The third-order valence-corrected chi connectivity index (χ3v) is 8.25. The Morgan fingerprint density at radius 2 is 0.688 bits per heavy atom. The molecular formula is C45H29N3. The minimum Gasteiger partial charge on any atom is -0.208 e. The molecule has 0 aliphatic rings. The van der Waals surface area contributed by atoms with Gasteiger partial charge in [-0.2, -0.15) is 0 Å². The van der Waals surface area contributed by atoms with E-state index in [1.54, 1.807) is 0 Å². The molecule has 224 valence electrons. The van der Waals surface area contributed by atoms with E-state index >= 15 is 0 Å². The summed E-state index contributed by atoms with van der Waals surface area (Å²) in [7, 11) is 0. The standard InChI is InChI=1S/C45H29N3/c1-3-13-30(14-4-1)32-17-11-19-34(27-32)43-46-44(35-20-12-18-33(28-35)31-15-5-2-6-16-31)48-45(47-43)36-25-26-41-39-23-8-7-21-37(39)38-22-9-10-24-40(38)42(41)29-36/h1-29H/i7D,8D,9D,10D,21D,22D,23D,24D,25D,26D,29D. The van der Waals surface area contributed by atoms with Gasteiger partial charge in [0, 0.05) is 16.7 Å². The fourth-order valence-electron chi connectivity index (χ4n) is 5.95. The molecule has 0 aliphatic heterocycles. The predicted octanol–water partition coefficient (Wildman–Crippen LogP) is 11.7. The van der Waals surface area contributed by atoms with E-state index < -0.39 is 66.5 Å². The SMILES string of the molecule is [2H]c1c([2H])c([2H])c2c(c1[2H])c1c([2H])c([2H])c([2H])c([2H])c1c1c([2H])c(-c3nc(-c4cccc(-c5ccccc5)c4)nc(-c4cccc(-c5ccccc5)c4)n3)c([2H])c([2H])c21. The molecule has 1 aromatic heterocycles. The second kappa shape index (κ2) is 11.7. The zero-order valence-electron chi connectivity index (χ0n) is 36.2. The van der Waals surface area contributed by atoms with Gasteiger partial charge in [0.1, 0.15) is 0 Å². The van der Waals surface area contributed by atoms with Crippen LogP contribution < -0.4 is 0 Å². The highest BCUT2D eigenvalue weighted by molar-refractivity contribution is 6.25. The summed E-state index contributed by atoms with van der Waals surface area (Å²) in [5.74, 6) is 0.269. The van der Waals surface area contributed by atoms with Crippen molar-refractivity contribution in [3.63, 3.8) is 0 Å². The maximum atomic E-state index is 9.78. The van der Waals surface area contributed by atoms with Crippen molar-refractivity contribution in [1.29, 1.82) is 0 Å². The molecule has 8 aromatic carbocycles. The quantitative estimate of drug-likeness (QED) is 0.179. The Labute approximate surface area is 294 Å². The lowest BCUT2D eigenvalue weighted by atomic mass is 9.93. The molecule has 48 heavy (non-hydrogen) atoms. The minimum atomic E-state index is -0.632. The van der Waals surface area contributed by atoms with Crippen molar-refractivity contribution in [3.8, 4) is 56.4 Å². The number of nitrogens with zero attached hydrogens (tertiary/aromatic N) is 3. The molecule has 0 saturated carbocycles. The Hall–Kier alpha value is -6.45. The summed E-state index contributed by atoms with van der Waals surface area (Å²) in [6.45, 7) is 0. The van der Waals surface area contributed by atoms with Crippen LogP contribution >= 0.6 is 0 Å². The molecule has 9 rings (SSSR count). The second-order valence-electron chi connectivity index (χ2n) is 11.2. The molecule has 0 N–H and O–H groups in total. The second-order valence-corrected chi connectivity index (χ2v) is 11.2. The summed E-state index contributed by atoms with van der Waals surface area (Å²) in [4.78, 5) is 14.6. The lowest BCUT2D eigenvalue weighted by Gasteiger charge is -2.13. The molecule has 0 saturated heterocycles. The highest BCUT2D eigenvalue weighted by atomic mass is 15.0. The van der Waals surface area contributed by atoms with Crippen LogP contribution in [-0.2, 0) is 0 Å². The van der Waals surface area contributed by atoms with Gasteiger partial charge in [-0.1, -0.05) is 157 Å². The first-order chi connectivity index (χ1) is 28.4. The van der Waals surface area contributed by atoms with Gasteiger partial charge in [0.2, 0.25) is 0 Å². The van der Waals surface area contributed by atoms with Crippen LogP contribution in [0.1, 0.15) is 15.1 Å². The van der Waals surface area contributed by atoms with Crippen molar-refractivity contribution in [3.05, 3.63) is 176 Å². The summed E-state index contributed by atoms with van der Waals surface area (Å²) in [5, 5.41) is -1.31. The van der Waals surface area contributed by atoms with Gasteiger partial charge in [0.25, 0.3) is 0 Å². The van der Waals surface area contributed by atoms with Crippen LogP contribution in [0.2, 0.25) is 0 Å². The topological polar surface area (TPSA) is 38.7 Å². The van der Waals surface area contributed by atoms with E-state index in [4.69, 9.17) is 25.9 Å². The van der Waals surface area contributed by atoms with E-state index in [0.29, 0.717) is 11.1 Å². The summed E-state index contributed by atoms with van der Waals surface area (Å²) in [5.41, 5.74) is 4.66. The van der Waals surface area contributed by atoms with Crippen LogP contribution in [-0.4, -0.2) is 15.0 Å². The first-order valence-corrected chi connectivity index (χ1v) is 15.3. The van der Waals surface area contributed by atoms with Gasteiger partial charge in [0.15, 0.2) is 17.5 Å². The summed E-state index contributed by atoms with van der Waals surface area (Å²) >= 11 is 0. The molecule has 0 aliphatic carbocycles. The Morgan fingerprint density at radius 1 is 0.312 bits per heavy atom. The van der Waals surface area contributed by atoms with Crippen LogP contribution in [0.25, 0.3) is 88.7 Å². The van der Waals surface area contributed by atoms with E-state index in [1.165, 1.54) is 0 Å². The first-order valence-electron chi connectivity index (χ1n) is 20.8. The first kappa shape index (κ1) is 18.6. The molecular weight excluding hydrogens is 583 g/mol. The third kappa shape index (κ3) is 4.99. The largest absolute Gasteiger partial charge is 0.208 e. The van der Waals surface area contributed by atoms with Gasteiger partial charge < -0.3 is 0 Å². The van der Waals surface area contributed by atoms with Crippen molar-refractivity contribution >= 4 is 32.3 Å². The lowest BCUT2D eigenvalue weighted by Crippen LogP contribution is -2.00. The zero-order valence-corrected chi connectivity index (χ0v) is 25.2. The summed E-state index contributed by atoms with van der Waals surface area (Å²) in [6, 6.07) is 28.3. The molecule has 0 radical (unpaired) electrons. The fourth-order valence-corrected chi connectivity index (χ4v) is 5.95. The van der Waals surface area contributed by atoms with E-state index in [1.807, 2.05) is 109 Å². The molecule has 0 unspecified atom stereocenters. The highest BCUT2D eigenvalue weighted by Crippen LogP contribution is 2.37. The van der Waals surface area contributed by atoms with Crippen LogP contribution in [0.5, 0.6) is 0 Å². The van der Waals surface area contributed by atoms with Crippen molar-refractivity contribution in [2.24, 2.45) is 0 Å². The van der Waals surface area contributed by atoms with Gasteiger partial charge in [-0.25, -0.2) is 15.0 Å². The monoisotopic (exact) mass is 622 g/mol. The minimum absolute atomic E-state index is 0.144. The van der Waals surface area contributed by atoms with Crippen LogP contribution in [0.15, 0.2) is 176 Å². The normalized spacial score (nSPS) is 14.5. The smallest absolute Gasteiger partial charge is 0.164 e. The highest BCUT2D eigenvalue weighted by Gasteiger charge is 2.16. The maximum absolute atomic E-state index is 9.78. The molecule has 9 aromatic rings. The van der Waals surface area contributed by atoms with E-state index in [-0.39, 0.29) is 55.4 Å². The van der Waals surface area contributed by atoms with Crippen molar-refractivity contribution < 1.29 is 15.1 Å². The Kier molecular flexibility index (Phi) is 4.55. The average molecular weight is 623 g/mol. The van der Waals surface area contributed by atoms with Gasteiger partial charge in [0.05, 0.1) is 15.1 Å². The van der Waals surface area contributed by atoms with Crippen molar-refractivity contribution in [2.75, 3.05) is 0 Å². The van der Waals surface area contributed by atoms with E-state index in [2.05, 4.69) is 0 Å². The number of fused-ring (bicyclic) bond motifs is 6. The Morgan fingerprint density at radius 3 is 1.17 bits per heavy atom. The van der Waals surface area contributed by atoms with Gasteiger partial charge in [-0.3, -0.25) is 0 Å². The number of rotatable bonds is 5. The molecule has 3 heteroatoms. The molecule has 0 fully saturated rings. The van der Waals surface area contributed by atoms with Crippen molar-refractivity contribution in [1.82, 2.24) is 15.0 Å².